The lowest BCUT2D eigenvalue weighted by atomic mass is 10.2. The Morgan fingerprint density at radius 1 is 1.43 bits per heavy atom. The van der Waals surface area contributed by atoms with Crippen LogP contribution in [-0.2, 0) is 14.3 Å². The summed E-state index contributed by atoms with van der Waals surface area (Å²) in [7, 11) is 1.93. The van der Waals surface area contributed by atoms with Crippen molar-refractivity contribution in [2.75, 3.05) is 46.4 Å². The van der Waals surface area contributed by atoms with Gasteiger partial charge in [0.25, 0.3) is 5.91 Å². The van der Waals surface area contributed by atoms with E-state index in [1.165, 1.54) is 0 Å². The molecule has 0 spiro atoms. The number of hydrogen-bond acceptors (Lipinski definition) is 5. The molecule has 7 nitrogen and oxygen atoms in total. The fraction of sp³-hybridized carbons (Fsp3) is 0.846. The molecule has 2 aliphatic heterocycles. The summed E-state index contributed by atoms with van der Waals surface area (Å²) in [4.78, 5) is 26.7. The molecule has 21 heavy (non-hydrogen) atoms. The third kappa shape index (κ3) is 4.62. The van der Waals surface area contributed by atoms with Gasteiger partial charge in [-0.3, -0.25) is 14.5 Å². The number of likely N-dealkylation sites (tertiary alicyclic amines) is 1. The van der Waals surface area contributed by atoms with Crippen LogP contribution in [0.4, 0.5) is 4.39 Å². The van der Waals surface area contributed by atoms with E-state index < -0.39 is 18.2 Å². The summed E-state index contributed by atoms with van der Waals surface area (Å²) in [6, 6.07) is -0.197. The number of nitrogens with zero attached hydrogens (tertiary/aromatic N) is 2. The third-order valence-electron chi connectivity index (χ3n) is 3.91. The zero-order valence-corrected chi connectivity index (χ0v) is 12.3. The van der Waals surface area contributed by atoms with Gasteiger partial charge >= 0.3 is 0 Å². The molecule has 0 bridgehead atoms. The number of ether oxygens (including phenoxy) is 1. The maximum Gasteiger partial charge on any atom is 0.250 e. The molecular formula is C13H23FN4O3. The lowest BCUT2D eigenvalue weighted by molar-refractivity contribution is -0.138. The predicted octanol–water partition coefficient (Wildman–Crippen LogP) is -1.67. The Kier molecular flexibility index (Phi) is 5.49. The highest BCUT2D eigenvalue weighted by Gasteiger charge is 2.33. The molecule has 2 rings (SSSR count). The van der Waals surface area contributed by atoms with Crippen LogP contribution in [-0.4, -0.2) is 86.3 Å². The number of nitrogens with two attached hydrogens (primary N) is 1. The Labute approximate surface area is 123 Å². The minimum absolute atomic E-state index is 0.0175. The zero-order valence-electron chi connectivity index (χ0n) is 12.3. The van der Waals surface area contributed by atoms with Crippen molar-refractivity contribution in [3.63, 3.8) is 0 Å². The second-order valence-electron chi connectivity index (χ2n) is 5.75. The van der Waals surface area contributed by atoms with Gasteiger partial charge in [0.1, 0.15) is 12.3 Å². The summed E-state index contributed by atoms with van der Waals surface area (Å²) in [5, 5.41) is 2.79. The van der Waals surface area contributed by atoms with Gasteiger partial charge in [-0.1, -0.05) is 0 Å². The summed E-state index contributed by atoms with van der Waals surface area (Å²) in [6.45, 7) is 2.39. The minimum Gasteiger partial charge on any atom is -0.369 e. The van der Waals surface area contributed by atoms with Gasteiger partial charge < -0.3 is 20.7 Å². The predicted molar refractivity (Wildman–Crippen MR) is 74.3 cm³/mol. The van der Waals surface area contributed by atoms with Crippen LogP contribution in [0, 0.1) is 0 Å². The molecule has 8 heteroatoms. The second kappa shape index (κ2) is 7.15. The van der Waals surface area contributed by atoms with Crippen molar-refractivity contribution in [3.8, 4) is 0 Å². The van der Waals surface area contributed by atoms with Crippen LogP contribution in [0.1, 0.15) is 6.42 Å². The fourth-order valence-electron chi connectivity index (χ4n) is 2.80. The Morgan fingerprint density at radius 3 is 2.86 bits per heavy atom. The number of amides is 2. The van der Waals surface area contributed by atoms with E-state index in [9.17, 15) is 14.0 Å². The number of carbonyl (C=O) groups is 2. The molecule has 2 fully saturated rings. The first-order chi connectivity index (χ1) is 9.95. The first-order valence-corrected chi connectivity index (χ1v) is 7.20. The third-order valence-corrected chi connectivity index (χ3v) is 3.91. The molecule has 120 valence electrons. The largest absolute Gasteiger partial charge is 0.369 e. The van der Waals surface area contributed by atoms with Crippen molar-refractivity contribution in [2.24, 2.45) is 5.73 Å². The zero-order chi connectivity index (χ0) is 15.4. The van der Waals surface area contributed by atoms with Crippen molar-refractivity contribution >= 4 is 11.8 Å². The Hall–Kier alpha value is -1.25. The van der Waals surface area contributed by atoms with Crippen LogP contribution in [0.25, 0.3) is 0 Å². The van der Waals surface area contributed by atoms with Crippen LogP contribution in [0.15, 0.2) is 0 Å². The normalized spacial score (nSPS) is 31.2. The average Bonchev–Trinajstić information content (AvgIpc) is 2.75. The number of carbonyl (C=O) groups excluding carboxylic acids is 2. The lowest BCUT2D eigenvalue weighted by Gasteiger charge is -2.30. The molecule has 3 N–H and O–H groups in total. The van der Waals surface area contributed by atoms with E-state index >= 15 is 0 Å². The van der Waals surface area contributed by atoms with Crippen LogP contribution >= 0.6 is 0 Å². The molecule has 2 saturated heterocycles. The van der Waals surface area contributed by atoms with Crippen LogP contribution < -0.4 is 11.1 Å². The molecule has 0 aliphatic carbocycles. The fourth-order valence-corrected chi connectivity index (χ4v) is 2.80. The number of nitrogens with one attached hydrogen (secondary N) is 1. The number of primary amides is 1. The molecule has 0 saturated carbocycles. The van der Waals surface area contributed by atoms with Crippen molar-refractivity contribution in [3.05, 3.63) is 0 Å². The highest BCUT2D eigenvalue weighted by molar-refractivity contribution is 5.81. The van der Waals surface area contributed by atoms with Crippen molar-refractivity contribution in [1.82, 2.24) is 15.1 Å². The summed E-state index contributed by atoms with van der Waals surface area (Å²) in [6.07, 6.45) is -1.17. The van der Waals surface area contributed by atoms with Gasteiger partial charge in [0.15, 0.2) is 0 Å². The van der Waals surface area contributed by atoms with Gasteiger partial charge in [0, 0.05) is 32.2 Å². The van der Waals surface area contributed by atoms with Crippen LogP contribution in [0.2, 0.25) is 0 Å². The highest BCUT2D eigenvalue weighted by atomic mass is 19.1. The van der Waals surface area contributed by atoms with E-state index in [1.807, 2.05) is 11.9 Å². The molecule has 2 heterocycles. The van der Waals surface area contributed by atoms with Gasteiger partial charge in [0.2, 0.25) is 5.91 Å². The Morgan fingerprint density at radius 2 is 2.19 bits per heavy atom. The smallest absolute Gasteiger partial charge is 0.250 e. The SMILES string of the molecule is CN1CCOC(C(=O)NC[C@@H]2C[C@H](F)CN2CC(N)=O)C1. The van der Waals surface area contributed by atoms with E-state index in [4.69, 9.17) is 10.5 Å². The standard InChI is InChI=1S/C13H23FN4O3/c1-17-2-3-21-11(7-17)13(20)16-5-10-4-9(14)6-18(10)8-12(15)19/h9-11H,2-8H2,1H3,(H2,15,19)(H,16,20)/t9-,10-,11?/m0/s1. The van der Waals surface area contributed by atoms with Gasteiger partial charge in [-0.05, 0) is 13.5 Å². The molecule has 2 amide bonds. The molecule has 0 aromatic carbocycles. The molecule has 1 unspecified atom stereocenters. The summed E-state index contributed by atoms with van der Waals surface area (Å²) in [5.74, 6) is -0.680. The van der Waals surface area contributed by atoms with Crippen molar-refractivity contribution in [2.45, 2.75) is 24.7 Å². The van der Waals surface area contributed by atoms with Crippen molar-refractivity contribution < 1.29 is 18.7 Å². The monoisotopic (exact) mass is 302 g/mol. The molecule has 3 atom stereocenters. The lowest BCUT2D eigenvalue weighted by Crippen LogP contribution is -2.51. The highest BCUT2D eigenvalue weighted by Crippen LogP contribution is 2.19. The van der Waals surface area contributed by atoms with E-state index in [-0.39, 0.29) is 25.0 Å². The van der Waals surface area contributed by atoms with E-state index in [1.54, 1.807) is 4.90 Å². The topological polar surface area (TPSA) is 87.9 Å². The number of likely N-dealkylation sites (N-methyl/N-ethyl adjacent to an activating group) is 1. The summed E-state index contributed by atoms with van der Waals surface area (Å²) < 4.78 is 18.9. The van der Waals surface area contributed by atoms with E-state index in [0.717, 1.165) is 6.54 Å². The summed E-state index contributed by atoms with van der Waals surface area (Å²) in [5.41, 5.74) is 5.15. The maximum absolute atomic E-state index is 13.5. The van der Waals surface area contributed by atoms with E-state index in [2.05, 4.69) is 5.32 Å². The van der Waals surface area contributed by atoms with Gasteiger partial charge in [-0.25, -0.2) is 4.39 Å². The van der Waals surface area contributed by atoms with Crippen molar-refractivity contribution in [1.29, 1.82) is 0 Å². The molecule has 0 aromatic rings. The first-order valence-electron chi connectivity index (χ1n) is 7.20. The first kappa shape index (κ1) is 16.1. The number of rotatable bonds is 5. The Balaban J connectivity index is 1.80. The molecule has 0 radical (unpaired) electrons. The molecule has 0 aromatic heterocycles. The number of alkyl halides is 1. The van der Waals surface area contributed by atoms with E-state index in [0.29, 0.717) is 26.1 Å². The van der Waals surface area contributed by atoms with Gasteiger partial charge in [0.05, 0.1) is 13.2 Å². The Bertz CT molecular complexity index is 396. The van der Waals surface area contributed by atoms with Gasteiger partial charge in [-0.15, -0.1) is 0 Å². The summed E-state index contributed by atoms with van der Waals surface area (Å²) >= 11 is 0. The minimum atomic E-state index is -0.983. The number of hydrogen-bond donors (Lipinski definition) is 2. The van der Waals surface area contributed by atoms with Crippen LogP contribution in [0.3, 0.4) is 0 Å². The van der Waals surface area contributed by atoms with Crippen LogP contribution in [0.5, 0.6) is 0 Å². The number of morpholine rings is 1. The molecule has 2 aliphatic rings. The van der Waals surface area contributed by atoms with Gasteiger partial charge in [-0.2, -0.15) is 0 Å². The second-order valence-corrected chi connectivity index (χ2v) is 5.75. The average molecular weight is 302 g/mol. The number of halogens is 1. The maximum atomic E-state index is 13.5. The quantitative estimate of drug-likeness (QED) is 0.634. The molecular weight excluding hydrogens is 279 g/mol.